The Morgan fingerprint density at radius 3 is 2.37 bits per heavy atom. The summed E-state index contributed by atoms with van der Waals surface area (Å²) in [6.45, 7) is 6.28. The predicted molar refractivity (Wildman–Crippen MR) is 134 cm³/mol. The number of hydrogen-bond acceptors (Lipinski definition) is 5. The molecule has 0 aliphatic heterocycles. The van der Waals surface area contributed by atoms with Crippen LogP contribution in [0.3, 0.4) is 0 Å². The Balaban J connectivity index is 2.47. The van der Waals surface area contributed by atoms with E-state index < -0.39 is 40.2 Å². The fourth-order valence-electron chi connectivity index (χ4n) is 3.45. The van der Waals surface area contributed by atoms with Gasteiger partial charge in [-0.25, -0.2) is 12.8 Å². The Bertz CT molecular complexity index is 1160. The molecule has 0 saturated heterocycles. The number of benzene rings is 2. The molecule has 0 saturated carbocycles. The highest BCUT2D eigenvalue weighted by molar-refractivity contribution is 7.92. The summed E-state index contributed by atoms with van der Waals surface area (Å²) in [4.78, 5) is 27.6. The minimum atomic E-state index is -3.91. The molecule has 2 aromatic carbocycles. The van der Waals surface area contributed by atoms with Gasteiger partial charge in [0.05, 0.1) is 19.1 Å². The number of ether oxygens (including phenoxy) is 1. The minimum absolute atomic E-state index is 0.126. The van der Waals surface area contributed by atoms with E-state index in [-0.39, 0.29) is 29.6 Å². The molecule has 2 unspecified atom stereocenters. The van der Waals surface area contributed by atoms with Gasteiger partial charge >= 0.3 is 0 Å². The zero-order valence-electron chi connectivity index (χ0n) is 21.0. The Morgan fingerprint density at radius 2 is 1.80 bits per heavy atom. The van der Waals surface area contributed by atoms with Crippen LogP contribution in [-0.2, 0) is 26.2 Å². The molecule has 0 heterocycles. The van der Waals surface area contributed by atoms with Gasteiger partial charge in [-0.3, -0.25) is 13.9 Å². The van der Waals surface area contributed by atoms with E-state index in [1.54, 1.807) is 31.2 Å². The molecule has 0 aliphatic carbocycles. The Hall–Kier alpha value is -3.14. The number of nitrogens with one attached hydrogen (secondary N) is 1. The lowest BCUT2D eigenvalue weighted by Crippen LogP contribution is -2.52. The summed E-state index contributed by atoms with van der Waals surface area (Å²) in [7, 11) is -2.51. The zero-order chi connectivity index (χ0) is 26.3. The Morgan fingerprint density at radius 1 is 1.14 bits per heavy atom. The van der Waals surface area contributed by atoms with E-state index >= 15 is 0 Å². The molecule has 2 amide bonds. The first-order chi connectivity index (χ1) is 16.4. The first-order valence-corrected chi connectivity index (χ1v) is 13.2. The lowest BCUT2D eigenvalue weighted by atomic mass is 10.1. The van der Waals surface area contributed by atoms with E-state index in [0.29, 0.717) is 6.42 Å². The smallest absolute Gasteiger partial charge is 0.244 e. The number of carbonyl (C=O) groups is 2. The van der Waals surface area contributed by atoms with Gasteiger partial charge < -0.3 is 15.0 Å². The summed E-state index contributed by atoms with van der Waals surface area (Å²) in [5.41, 5.74) is 1.18. The second-order valence-corrected chi connectivity index (χ2v) is 10.5. The van der Waals surface area contributed by atoms with Crippen molar-refractivity contribution in [2.75, 3.05) is 24.2 Å². The van der Waals surface area contributed by atoms with Crippen molar-refractivity contribution >= 4 is 27.5 Å². The summed E-state index contributed by atoms with van der Waals surface area (Å²) >= 11 is 0. The highest BCUT2D eigenvalue weighted by Crippen LogP contribution is 2.31. The van der Waals surface area contributed by atoms with Gasteiger partial charge in [0, 0.05) is 18.2 Å². The van der Waals surface area contributed by atoms with Crippen molar-refractivity contribution in [1.29, 1.82) is 0 Å². The molecule has 0 aromatic heterocycles. The van der Waals surface area contributed by atoms with E-state index in [2.05, 4.69) is 5.32 Å². The summed E-state index contributed by atoms with van der Waals surface area (Å²) in [6, 6.07) is 9.83. The number of amides is 2. The van der Waals surface area contributed by atoms with Crippen LogP contribution in [0.25, 0.3) is 0 Å². The highest BCUT2D eigenvalue weighted by Gasteiger charge is 2.32. The Kier molecular flexibility index (Phi) is 9.64. The number of anilines is 1. The van der Waals surface area contributed by atoms with Crippen LogP contribution in [0.15, 0.2) is 42.5 Å². The molecule has 8 nitrogen and oxygen atoms in total. The quantitative estimate of drug-likeness (QED) is 0.504. The number of aryl methyl sites for hydroxylation is 1. The van der Waals surface area contributed by atoms with Crippen molar-refractivity contribution in [3.05, 3.63) is 59.4 Å². The van der Waals surface area contributed by atoms with Gasteiger partial charge in [-0.05, 0) is 51.0 Å². The number of nitrogens with zero attached hydrogens (tertiary/aromatic N) is 2. The number of sulfonamides is 1. The molecule has 2 atom stereocenters. The van der Waals surface area contributed by atoms with Crippen molar-refractivity contribution in [3.63, 3.8) is 0 Å². The molecule has 1 N–H and O–H groups in total. The fourth-order valence-corrected chi connectivity index (χ4v) is 4.29. The molecular weight excluding hydrogens is 473 g/mol. The minimum Gasteiger partial charge on any atom is -0.495 e. The van der Waals surface area contributed by atoms with Crippen LogP contribution >= 0.6 is 0 Å². The maximum absolute atomic E-state index is 14.4. The molecular formula is C25H34FN3O5S. The Labute approximate surface area is 207 Å². The molecule has 10 heteroatoms. The molecule has 35 heavy (non-hydrogen) atoms. The third-order valence-corrected chi connectivity index (χ3v) is 6.88. The maximum atomic E-state index is 14.4. The van der Waals surface area contributed by atoms with Crippen molar-refractivity contribution in [2.45, 2.75) is 52.7 Å². The van der Waals surface area contributed by atoms with Gasteiger partial charge in [-0.2, -0.15) is 0 Å². The van der Waals surface area contributed by atoms with Crippen LogP contribution in [0.1, 0.15) is 38.3 Å². The highest BCUT2D eigenvalue weighted by atomic mass is 32.2. The summed E-state index contributed by atoms with van der Waals surface area (Å²) in [6.07, 6.45) is 1.68. The molecule has 0 spiro atoms. The summed E-state index contributed by atoms with van der Waals surface area (Å²) in [5, 5.41) is 2.83. The molecule has 2 rings (SSSR count). The van der Waals surface area contributed by atoms with Crippen LogP contribution in [0.4, 0.5) is 10.1 Å². The number of hydrogen-bond donors (Lipinski definition) is 1. The molecule has 2 aromatic rings. The lowest BCUT2D eigenvalue weighted by Gasteiger charge is -2.32. The largest absolute Gasteiger partial charge is 0.495 e. The van der Waals surface area contributed by atoms with Gasteiger partial charge in [0.2, 0.25) is 21.8 Å². The van der Waals surface area contributed by atoms with Crippen molar-refractivity contribution in [1.82, 2.24) is 10.2 Å². The van der Waals surface area contributed by atoms with E-state index in [1.165, 1.54) is 37.1 Å². The SMILES string of the molecule is CCC(C)NC(=O)C(C)N(Cc1ccccc1F)C(=O)CN(c1cc(C)ccc1OC)S(C)(=O)=O. The van der Waals surface area contributed by atoms with Crippen LogP contribution in [-0.4, -0.2) is 57.1 Å². The topological polar surface area (TPSA) is 96.0 Å². The fraction of sp³-hybridized carbons (Fsp3) is 0.440. The zero-order valence-corrected chi connectivity index (χ0v) is 21.9. The van der Waals surface area contributed by atoms with E-state index in [0.717, 1.165) is 16.1 Å². The molecule has 0 fully saturated rings. The molecule has 0 radical (unpaired) electrons. The second-order valence-electron chi connectivity index (χ2n) is 8.55. The van der Waals surface area contributed by atoms with Crippen molar-refractivity contribution < 1.29 is 27.1 Å². The van der Waals surface area contributed by atoms with Crippen molar-refractivity contribution in [2.24, 2.45) is 0 Å². The van der Waals surface area contributed by atoms with Gasteiger partial charge in [-0.15, -0.1) is 0 Å². The normalized spacial score (nSPS) is 13.0. The first-order valence-electron chi connectivity index (χ1n) is 11.3. The predicted octanol–water partition coefficient (Wildman–Crippen LogP) is 3.24. The lowest BCUT2D eigenvalue weighted by molar-refractivity contribution is -0.139. The van der Waals surface area contributed by atoms with Crippen LogP contribution in [0.2, 0.25) is 0 Å². The van der Waals surface area contributed by atoms with Crippen LogP contribution < -0.4 is 14.4 Å². The van der Waals surface area contributed by atoms with Gasteiger partial charge in [0.15, 0.2) is 0 Å². The van der Waals surface area contributed by atoms with E-state index in [4.69, 9.17) is 4.74 Å². The van der Waals surface area contributed by atoms with Gasteiger partial charge in [0.25, 0.3) is 0 Å². The second kappa shape index (κ2) is 12.0. The average Bonchev–Trinajstić information content (AvgIpc) is 2.80. The third kappa shape index (κ3) is 7.42. The van der Waals surface area contributed by atoms with Gasteiger partial charge in [0.1, 0.15) is 24.2 Å². The number of carbonyl (C=O) groups excluding carboxylic acids is 2. The summed E-state index contributed by atoms with van der Waals surface area (Å²) < 4.78 is 46.2. The molecule has 0 aliphatic rings. The van der Waals surface area contributed by atoms with Gasteiger partial charge in [-0.1, -0.05) is 31.2 Å². The summed E-state index contributed by atoms with van der Waals surface area (Å²) in [5.74, 6) is -1.32. The van der Waals surface area contributed by atoms with E-state index in [1.807, 2.05) is 13.8 Å². The van der Waals surface area contributed by atoms with Crippen molar-refractivity contribution in [3.8, 4) is 5.75 Å². The number of methoxy groups -OCH3 is 1. The third-order valence-electron chi connectivity index (χ3n) is 5.75. The monoisotopic (exact) mass is 507 g/mol. The number of halogens is 1. The number of rotatable bonds is 11. The average molecular weight is 508 g/mol. The van der Waals surface area contributed by atoms with E-state index in [9.17, 15) is 22.4 Å². The van der Waals surface area contributed by atoms with Crippen LogP contribution in [0.5, 0.6) is 5.75 Å². The molecule has 192 valence electrons. The first kappa shape index (κ1) is 28.1. The maximum Gasteiger partial charge on any atom is 0.244 e. The molecule has 0 bridgehead atoms. The van der Waals surface area contributed by atoms with Crippen LogP contribution in [0, 0.1) is 12.7 Å². The standard InChI is InChI=1S/C25H34FN3O5S/c1-7-18(3)27-25(31)19(4)28(15-20-10-8-9-11-21(20)26)24(30)16-29(35(6,32)33)22-14-17(2)12-13-23(22)34-5/h8-14,18-19H,7,15-16H2,1-6H3,(H,27,31).